The van der Waals surface area contributed by atoms with E-state index in [9.17, 15) is 9.90 Å². The van der Waals surface area contributed by atoms with Gasteiger partial charge in [-0.25, -0.2) is 4.79 Å². The highest BCUT2D eigenvalue weighted by molar-refractivity contribution is 5.96. The molecule has 3 aromatic rings. The Kier molecular flexibility index (Phi) is 3.80. The maximum absolute atomic E-state index is 12.6. The summed E-state index contributed by atoms with van der Waals surface area (Å²) in [5, 5.41) is 9.69. The summed E-state index contributed by atoms with van der Waals surface area (Å²) in [6.45, 7) is 4.30. The van der Waals surface area contributed by atoms with Crippen molar-refractivity contribution >= 4 is 5.97 Å². The first-order valence-corrected chi connectivity index (χ1v) is 8.75. The number of ether oxygens (including phenoxy) is 1. The van der Waals surface area contributed by atoms with E-state index < -0.39 is 5.60 Å². The van der Waals surface area contributed by atoms with Crippen LogP contribution < -0.4 is 0 Å². The van der Waals surface area contributed by atoms with E-state index in [1.807, 2.05) is 30.3 Å². The fourth-order valence-corrected chi connectivity index (χ4v) is 3.61. The van der Waals surface area contributed by atoms with Gasteiger partial charge in [0.2, 0.25) is 0 Å². The van der Waals surface area contributed by atoms with E-state index in [4.69, 9.17) is 4.74 Å². The van der Waals surface area contributed by atoms with Crippen molar-refractivity contribution in [2.45, 2.75) is 25.4 Å². The number of hydrogen-bond acceptors (Lipinski definition) is 3. The lowest BCUT2D eigenvalue weighted by Crippen LogP contribution is -2.29. The minimum Gasteiger partial charge on any atom is -0.508 e. The van der Waals surface area contributed by atoms with Crippen molar-refractivity contribution in [3.05, 3.63) is 101 Å². The predicted molar refractivity (Wildman–Crippen MR) is 100 cm³/mol. The van der Waals surface area contributed by atoms with Crippen molar-refractivity contribution < 1.29 is 14.6 Å². The molecule has 1 aliphatic rings. The Hall–Kier alpha value is -3.07. The Bertz CT molecular complexity index is 956. The second-order valence-corrected chi connectivity index (χ2v) is 6.94. The zero-order valence-corrected chi connectivity index (χ0v) is 14.8. The molecule has 1 unspecified atom stereocenters. The summed E-state index contributed by atoms with van der Waals surface area (Å²) in [6, 6.07) is 22.5. The van der Waals surface area contributed by atoms with Gasteiger partial charge in [-0.3, -0.25) is 0 Å². The summed E-state index contributed by atoms with van der Waals surface area (Å²) >= 11 is 0. The summed E-state index contributed by atoms with van der Waals surface area (Å²) in [5.74, 6) is 0.269. The number of fused-ring (bicyclic) bond motifs is 1. The molecule has 1 N–H and O–H groups in total. The van der Waals surface area contributed by atoms with E-state index >= 15 is 0 Å². The van der Waals surface area contributed by atoms with Crippen LogP contribution in [0.25, 0.3) is 0 Å². The van der Waals surface area contributed by atoms with Crippen LogP contribution in [-0.4, -0.2) is 11.1 Å². The minimum absolute atomic E-state index is 0.177. The molecule has 0 saturated heterocycles. The van der Waals surface area contributed by atoms with Crippen molar-refractivity contribution in [1.82, 2.24) is 0 Å². The van der Waals surface area contributed by atoms with E-state index in [-0.39, 0.29) is 11.7 Å². The average molecular weight is 344 g/mol. The molecule has 0 radical (unpaired) electrons. The van der Waals surface area contributed by atoms with Gasteiger partial charge >= 0.3 is 5.97 Å². The highest BCUT2D eigenvalue weighted by Gasteiger charge is 2.48. The SMILES string of the molecule is CC(C)c1ccc(C2(c3ccc(O)cc3)OC(=O)c3ccccc32)cc1. The predicted octanol–water partition coefficient (Wildman–Crippen LogP) is 4.98. The highest BCUT2D eigenvalue weighted by Crippen LogP contribution is 2.47. The lowest BCUT2D eigenvalue weighted by atomic mass is 9.79. The Morgan fingerprint density at radius 3 is 2.04 bits per heavy atom. The number of carbonyl (C=O) groups excluding carboxylic acids is 1. The summed E-state index contributed by atoms with van der Waals surface area (Å²) in [5.41, 5.74) is 3.34. The molecule has 0 bridgehead atoms. The van der Waals surface area contributed by atoms with Crippen LogP contribution in [0.3, 0.4) is 0 Å². The molecule has 3 nitrogen and oxygen atoms in total. The molecular weight excluding hydrogens is 324 g/mol. The number of rotatable bonds is 3. The van der Waals surface area contributed by atoms with Crippen LogP contribution in [0, 0.1) is 0 Å². The minimum atomic E-state index is -1.00. The quantitative estimate of drug-likeness (QED) is 0.682. The van der Waals surface area contributed by atoms with Gasteiger partial charge in [0, 0.05) is 16.7 Å². The standard InChI is InChI=1S/C23H20O3/c1-15(2)16-7-9-17(10-8-16)23(18-11-13-19(24)14-12-18)21-6-4-3-5-20(21)22(25)26-23/h3-15,24H,1-2H3. The van der Waals surface area contributed by atoms with Gasteiger partial charge in [-0.15, -0.1) is 0 Å². The number of cyclic esters (lactones) is 1. The summed E-state index contributed by atoms with van der Waals surface area (Å²) in [4.78, 5) is 12.6. The lowest BCUT2D eigenvalue weighted by molar-refractivity contribution is 0.0251. The van der Waals surface area contributed by atoms with Crippen LogP contribution >= 0.6 is 0 Å². The first-order chi connectivity index (χ1) is 12.5. The van der Waals surface area contributed by atoms with Gasteiger partial charge in [0.05, 0.1) is 5.56 Å². The molecule has 3 heteroatoms. The maximum Gasteiger partial charge on any atom is 0.340 e. The molecule has 0 spiro atoms. The number of esters is 1. The van der Waals surface area contributed by atoms with E-state index in [0.29, 0.717) is 11.5 Å². The van der Waals surface area contributed by atoms with Gasteiger partial charge in [0.15, 0.2) is 5.60 Å². The van der Waals surface area contributed by atoms with E-state index in [0.717, 1.165) is 16.7 Å². The molecule has 3 aromatic carbocycles. The number of aromatic hydroxyl groups is 1. The zero-order chi connectivity index (χ0) is 18.3. The molecule has 130 valence electrons. The van der Waals surface area contributed by atoms with Crippen LogP contribution in [-0.2, 0) is 10.3 Å². The monoisotopic (exact) mass is 344 g/mol. The molecule has 0 saturated carbocycles. The molecule has 4 rings (SSSR count). The van der Waals surface area contributed by atoms with E-state index in [1.54, 1.807) is 30.3 Å². The van der Waals surface area contributed by atoms with Crippen molar-refractivity contribution in [2.75, 3.05) is 0 Å². The first-order valence-electron chi connectivity index (χ1n) is 8.75. The Morgan fingerprint density at radius 2 is 1.42 bits per heavy atom. The van der Waals surface area contributed by atoms with Gasteiger partial charge in [-0.05, 0) is 29.7 Å². The fourth-order valence-electron chi connectivity index (χ4n) is 3.61. The Balaban J connectivity index is 1.97. The molecule has 0 aromatic heterocycles. The number of phenols is 1. The van der Waals surface area contributed by atoms with Crippen LogP contribution in [0.15, 0.2) is 72.8 Å². The molecule has 0 amide bonds. The summed E-state index contributed by atoms with van der Waals surface area (Å²) < 4.78 is 6.01. The van der Waals surface area contributed by atoms with Crippen molar-refractivity contribution in [2.24, 2.45) is 0 Å². The number of carbonyl (C=O) groups is 1. The summed E-state index contributed by atoms with van der Waals surface area (Å²) in [6.07, 6.45) is 0. The molecule has 1 aliphatic heterocycles. The first kappa shape index (κ1) is 16.4. The Labute approximate surface area is 152 Å². The van der Waals surface area contributed by atoms with Crippen LogP contribution in [0.2, 0.25) is 0 Å². The van der Waals surface area contributed by atoms with E-state index in [1.165, 1.54) is 5.56 Å². The third kappa shape index (κ3) is 2.39. The normalized spacial score (nSPS) is 18.7. The van der Waals surface area contributed by atoms with E-state index in [2.05, 4.69) is 26.0 Å². The zero-order valence-electron chi connectivity index (χ0n) is 14.8. The molecular formula is C23H20O3. The van der Waals surface area contributed by atoms with Gasteiger partial charge in [0.1, 0.15) is 5.75 Å². The molecule has 0 fully saturated rings. The highest BCUT2D eigenvalue weighted by atomic mass is 16.6. The number of hydrogen-bond donors (Lipinski definition) is 1. The second kappa shape index (κ2) is 6.03. The summed E-state index contributed by atoms with van der Waals surface area (Å²) in [7, 11) is 0. The number of phenolic OH excluding ortho intramolecular Hbond substituents is 1. The largest absolute Gasteiger partial charge is 0.508 e. The van der Waals surface area contributed by atoms with Crippen LogP contribution in [0.5, 0.6) is 5.75 Å². The number of benzene rings is 3. The van der Waals surface area contributed by atoms with Gasteiger partial charge in [-0.2, -0.15) is 0 Å². The molecule has 0 aliphatic carbocycles. The Morgan fingerprint density at radius 1 is 0.846 bits per heavy atom. The van der Waals surface area contributed by atoms with Crippen LogP contribution in [0.4, 0.5) is 0 Å². The maximum atomic E-state index is 12.6. The van der Waals surface area contributed by atoms with Crippen molar-refractivity contribution in [3.63, 3.8) is 0 Å². The second-order valence-electron chi connectivity index (χ2n) is 6.94. The van der Waals surface area contributed by atoms with Crippen LogP contribution in [0.1, 0.15) is 52.4 Å². The topological polar surface area (TPSA) is 46.5 Å². The third-order valence-corrected chi connectivity index (χ3v) is 5.03. The molecule has 1 atom stereocenters. The smallest absolute Gasteiger partial charge is 0.340 e. The average Bonchev–Trinajstić information content (AvgIpc) is 2.96. The third-order valence-electron chi connectivity index (χ3n) is 5.03. The van der Waals surface area contributed by atoms with Crippen molar-refractivity contribution in [1.29, 1.82) is 0 Å². The molecule has 1 heterocycles. The van der Waals surface area contributed by atoms with Gasteiger partial charge in [0.25, 0.3) is 0 Å². The lowest BCUT2D eigenvalue weighted by Gasteiger charge is -2.30. The molecule has 26 heavy (non-hydrogen) atoms. The van der Waals surface area contributed by atoms with Crippen molar-refractivity contribution in [3.8, 4) is 5.75 Å². The van der Waals surface area contributed by atoms with Gasteiger partial charge < -0.3 is 9.84 Å². The fraction of sp³-hybridized carbons (Fsp3) is 0.174. The van der Waals surface area contributed by atoms with Gasteiger partial charge in [-0.1, -0.05) is 68.4 Å².